The summed E-state index contributed by atoms with van der Waals surface area (Å²) in [6, 6.07) is 4.37. The van der Waals surface area contributed by atoms with Crippen molar-refractivity contribution >= 4 is 17.3 Å². The molecule has 2 rings (SSSR count). The molecule has 1 aromatic heterocycles. The third-order valence-electron chi connectivity index (χ3n) is 2.25. The molecule has 1 amide bonds. The fraction of sp³-hybridized carbons (Fsp3) is 0.0909. The van der Waals surface area contributed by atoms with Crippen molar-refractivity contribution in [3.05, 3.63) is 36.2 Å². The van der Waals surface area contributed by atoms with Gasteiger partial charge in [0.25, 0.3) is 5.91 Å². The van der Waals surface area contributed by atoms with Crippen LogP contribution >= 0.6 is 0 Å². The predicted molar refractivity (Wildman–Crippen MR) is 63.7 cm³/mol. The van der Waals surface area contributed by atoms with E-state index < -0.39 is 0 Å². The number of phenols is 1. The fourth-order valence-corrected chi connectivity index (χ4v) is 1.40. The molecule has 88 valence electrons. The van der Waals surface area contributed by atoms with Gasteiger partial charge in [0.1, 0.15) is 5.75 Å². The Morgan fingerprint density at radius 1 is 1.53 bits per heavy atom. The summed E-state index contributed by atoms with van der Waals surface area (Å²) in [5, 5.41) is 15.7. The van der Waals surface area contributed by atoms with E-state index in [0.717, 1.165) is 0 Å². The summed E-state index contributed by atoms with van der Waals surface area (Å²) in [5.41, 5.74) is 6.86. The molecule has 1 heterocycles. The predicted octanol–water partition coefficient (Wildman–Crippen LogP) is 0.960. The average Bonchev–Trinajstić information content (AvgIpc) is 2.69. The number of aromatic hydroxyl groups is 1. The van der Waals surface area contributed by atoms with Crippen molar-refractivity contribution in [2.24, 2.45) is 7.05 Å². The van der Waals surface area contributed by atoms with Gasteiger partial charge in [-0.05, 0) is 12.1 Å². The lowest BCUT2D eigenvalue weighted by Crippen LogP contribution is -2.12. The lowest BCUT2D eigenvalue weighted by molar-refractivity contribution is 0.102. The Bertz CT molecular complexity index is 562. The molecule has 6 nitrogen and oxygen atoms in total. The number of hydrogen-bond acceptors (Lipinski definition) is 4. The van der Waals surface area contributed by atoms with Gasteiger partial charge in [-0.3, -0.25) is 9.48 Å². The molecule has 0 radical (unpaired) electrons. The number of carbonyl (C=O) groups is 1. The number of amides is 1. The lowest BCUT2D eigenvalue weighted by Gasteiger charge is -2.07. The quantitative estimate of drug-likeness (QED) is 0.531. The first-order valence-electron chi connectivity index (χ1n) is 4.95. The van der Waals surface area contributed by atoms with Gasteiger partial charge in [0.05, 0.1) is 23.1 Å². The molecule has 0 fully saturated rings. The SMILES string of the molecule is Cn1cc(C(=O)Nc2ccc(O)cc2N)cn1. The standard InChI is InChI=1S/C11H12N4O2/c1-15-6-7(5-13-15)11(17)14-10-3-2-8(16)4-9(10)12/h2-6,16H,12H2,1H3,(H,14,17). The highest BCUT2D eigenvalue weighted by atomic mass is 16.3. The van der Waals surface area contributed by atoms with Gasteiger partial charge in [0.2, 0.25) is 0 Å². The number of anilines is 2. The number of phenolic OH excluding ortho intramolecular Hbond substituents is 1. The summed E-state index contributed by atoms with van der Waals surface area (Å²) < 4.78 is 1.54. The number of nitrogen functional groups attached to an aromatic ring is 1. The van der Waals surface area contributed by atoms with Crippen LogP contribution in [0.3, 0.4) is 0 Å². The molecule has 17 heavy (non-hydrogen) atoms. The second-order valence-electron chi connectivity index (χ2n) is 3.63. The molecule has 0 saturated carbocycles. The summed E-state index contributed by atoms with van der Waals surface area (Å²) in [4.78, 5) is 11.8. The van der Waals surface area contributed by atoms with Gasteiger partial charge in [-0.15, -0.1) is 0 Å². The molecule has 0 unspecified atom stereocenters. The van der Waals surface area contributed by atoms with E-state index >= 15 is 0 Å². The number of benzene rings is 1. The first-order valence-corrected chi connectivity index (χ1v) is 4.95. The summed E-state index contributed by atoms with van der Waals surface area (Å²) in [5.74, 6) is -0.239. The number of rotatable bonds is 2. The van der Waals surface area contributed by atoms with E-state index in [1.165, 1.54) is 23.0 Å². The van der Waals surface area contributed by atoms with Crippen LogP contribution in [0, 0.1) is 0 Å². The number of nitrogens with zero attached hydrogens (tertiary/aromatic N) is 2. The Balaban J connectivity index is 2.18. The van der Waals surface area contributed by atoms with Crippen LogP contribution in [-0.2, 0) is 7.05 Å². The van der Waals surface area contributed by atoms with Crippen molar-refractivity contribution in [1.29, 1.82) is 0 Å². The van der Waals surface area contributed by atoms with Crippen LogP contribution in [0.4, 0.5) is 11.4 Å². The maximum absolute atomic E-state index is 11.8. The Morgan fingerprint density at radius 3 is 2.88 bits per heavy atom. The van der Waals surface area contributed by atoms with Gasteiger partial charge in [0.15, 0.2) is 0 Å². The number of carbonyl (C=O) groups excluding carboxylic acids is 1. The molecule has 0 atom stereocenters. The van der Waals surface area contributed by atoms with Crippen molar-refractivity contribution in [2.45, 2.75) is 0 Å². The molecule has 0 spiro atoms. The minimum absolute atomic E-state index is 0.0573. The Labute approximate surface area is 97.7 Å². The van der Waals surface area contributed by atoms with E-state index in [9.17, 15) is 9.90 Å². The molecule has 0 aliphatic carbocycles. The highest BCUT2D eigenvalue weighted by Crippen LogP contribution is 2.23. The molecular formula is C11H12N4O2. The molecule has 0 saturated heterocycles. The molecule has 0 aliphatic heterocycles. The van der Waals surface area contributed by atoms with Crippen LogP contribution in [0.2, 0.25) is 0 Å². The highest BCUT2D eigenvalue weighted by molar-refractivity contribution is 6.05. The summed E-state index contributed by atoms with van der Waals surface area (Å²) in [6.07, 6.45) is 3.07. The van der Waals surface area contributed by atoms with E-state index in [2.05, 4.69) is 10.4 Å². The van der Waals surface area contributed by atoms with Crippen LogP contribution in [0.5, 0.6) is 5.75 Å². The van der Waals surface area contributed by atoms with Crippen LogP contribution in [0.15, 0.2) is 30.6 Å². The van der Waals surface area contributed by atoms with Crippen LogP contribution in [0.25, 0.3) is 0 Å². The summed E-state index contributed by atoms with van der Waals surface area (Å²) in [6.45, 7) is 0. The largest absolute Gasteiger partial charge is 0.508 e. The first kappa shape index (κ1) is 11.0. The van der Waals surface area contributed by atoms with Gasteiger partial charge in [-0.25, -0.2) is 0 Å². The molecule has 1 aromatic carbocycles. The highest BCUT2D eigenvalue weighted by Gasteiger charge is 2.09. The minimum atomic E-state index is -0.296. The van der Waals surface area contributed by atoms with Crippen molar-refractivity contribution in [1.82, 2.24) is 9.78 Å². The van der Waals surface area contributed by atoms with E-state index in [1.54, 1.807) is 19.3 Å². The van der Waals surface area contributed by atoms with Gasteiger partial charge >= 0.3 is 0 Å². The fourth-order valence-electron chi connectivity index (χ4n) is 1.40. The molecular weight excluding hydrogens is 220 g/mol. The second-order valence-corrected chi connectivity index (χ2v) is 3.63. The Hall–Kier alpha value is -2.50. The zero-order valence-electron chi connectivity index (χ0n) is 9.21. The van der Waals surface area contributed by atoms with Gasteiger partial charge in [0, 0.05) is 19.3 Å². The van der Waals surface area contributed by atoms with Crippen molar-refractivity contribution < 1.29 is 9.90 Å². The van der Waals surface area contributed by atoms with Crippen LogP contribution in [0.1, 0.15) is 10.4 Å². The normalized spacial score (nSPS) is 10.2. The molecule has 4 N–H and O–H groups in total. The smallest absolute Gasteiger partial charge is 0.258 e. The van der Waals surface area contributed by atoms with E-state index in [1.807, 2.05) is 0 Å². The maximum atomic E-state index is 11.8. The number of aromatic nitrogens is 2. The first-order chi connectivity index (χ1) is 8.06. The average molecular weight is 232 g/mol. The third-order valence-corrected chi connectivity index (χ3v) is 2.25. The molecule has 2 aromatic rings. The summed E-state index contributed by atoms with van der Waals surface area (Å²) >= 11 is 0. The topological polar surface area (TPSA) is 93.2 Å². The number of nitrogens with two attached hydrogens (primary N) is 1. The van der Waals surface area contributed by atoms with E-state index in [0.29, 0.717) is 16.9 Å². The minimum Gasteiger partial charge on any atom is -0.508 e. The number of hydrogen-bond donors (Lipinski definition) is 3. The van der Waals surface area contributed by atoms with Crippen molar-refractivity contribution in [3.63, 3.8) is 0 Å². The van der Waals surface area contributed by atoms with Crippen LogP contribution in [-0.4, -0.2) is 20.8 Å². The second kappa shape index (κ2) is 4.17. The van der Waals surface area contributed by atoms with E-state index in [4.69, 9.17) is 5.73 Å². The third kappa shape index (κ3) is 2.36. The lowest BCUT2D eigenvalue weighted by atomic mass is 10.2. The molecule has 0 aliphatic rings. The zero-order valence-corrected chi connectivity index (χ0v) is 9.21. The molecule has 0 bridgehead atoms. The van der Waals surface area contributed by atoms with Crippen molar-refractivity contribution in [2.75, 3.05) is 11.1 Å². The Kier molecular flexibility index (Phi) is 2.70. The maximum Gasteiger partial charge on any atom is 0.258 e. The zero-order chi connectivity index (χ0) is 12.4. The van der Waals surface area contributed by atoms with Crippen molar-refractivity contribution in [3.8, 4) is 5.75 Å². The van der Waals surface area contributed by atoms with E-state index in [-0.39, 0.29) is 11.7 Å². The number of nitrogens with one attached hydrogen (secondary N) is 1. The van der Waals surface area contributed by atoms with Crippen LogP contribution < -0.4 is 11.1 Å². The summed E-state index contributed by atoms with van der Waals surface area (Å²) in [7, 11) is 1.73. The Morgan fingerprint density at radius 2 is 2.29 bits per heavy atom. The molecule has 6 heteroatoms. The van der Waals surface area contributed by atoms with Gasteiger partial charge < -0.3 is 16.2 Å². The van der Waals surface area contributed by atoms with Gasteiger partial charge in [-0.2, -0.15) is 5.10 Å². The number of aryl methyl sites for hydroxylation is 1. The monoisotopic (exact) mass is 232 g/mol. The van der Waals surface area contributed by atoms with Gasteiger partial charge in [-0.1, -0.05) is 0 Å².